The average molecular weight is 510 g/mol. The highest BCUT2D eigenvalue weighted by molar-refractivity contribution is 5.87. The van der Waals surface area contributed by atoms with Crippen LogP contribution in [0.1, 0.15) is 44.2 Å². The molecule has 1 aliphatic carbocycles. The molecule has 4 rings (SSSR count). The maximum atomic E-state index is 12.5. The van der Waals surface area contributed by atoms with Crippen LogP contribution >= 0.6 is 0 Å². The molecule has 196 valence electrons. The number of carbonyl (C=O) groups excluding carboxylic acids is 3. The lowest BCUT2D eigenvalue weighted by Gasteiger charge is -2.40. The first kappa shape index (κ1) is 26.0. The molecule has 0 aromatic heterocycles. The molecule has 1 atom stereocenters. The predicted octanol–water partition coefficient (Wildman–Crippen LogP) is 3.10. The van der Waals surface area contributed by atoms with Crippen LogP contribution in [0.2, 0.25) is 0 Å². The Morgan fingerprint density at radius 1 is 1.00 bits per heavy atom. The van der Waals surface area contributed by atoms with Crippen LogP contribution in [0.3, 0.4) is 0 Å². The van der Waals surface area contributed by atoms with E-state index in [1.807, 2.05) is 48.5 Å². The smallest absolute Gasteiger partial charge is 0.410 e. The third kappa shape index (κ3) is 6.19. The summed E-state index contributed by atoms with van der Waals surface area (Å²) in [6.07, 6.45) is -1.86. The number of hydrogen-bond acceptors (Lipinski definition) is 6. The van der Waals surface area contributed by atoms with Gasteiger partial charge >= 0.3 is 18.2 Å². The molecule has 10 nitrogen and oxygen atoms in total. The van der Waals surface area contributed by atoms with E-state index in [9.17, 15) is 24.3 Å². The number of hydrogen-bond donors (Lipinski definition) is 3. The van der Waals surface area contributed by atoms with Crippen LogP contribution in [0.25, 0.3) is 11.1 Å². The van der Waals surface area contributed by atoms with Gasteiger partial charge in [0.25, 0.3) is 0 Å². The Morgan fingerprint density at radius 3 is 2.11 bits per heavy atom. The Morgan fingerprint density at radius 2 is 1.57 bits per heavy atom. The van der Waals surface area contributed by atoms with E-state index in [4.69, 9.17) is 9.47 Å². The second-order valence-electron chi connectivity index (χ2n) is 10.2. The van der Waals surface area contributed by atoms with Crippen LogP contribution in [0, 0.1) is 0 Å². The van der Waals surface area contributed by atoms with Gasteiger partial charge in [-0.25, -0.2) is 14.4 Å². The van der Waals surface area contributed by atoms with Crippen LogP contribution in [-0.4, -0.2) is 71.5 Å². The number of benzene rings is 2. The van der Waals surface area contributed by atoms with E-state index in [1.54, 1.807) is 20.8 Å². The summed E-state index contributed by atoms with van der Waals surface area (Å²) in [5.41, 5.74) is 3.60. The van der Waals surface area contributed by atoms with Gasteiger partial charge in [0.05, 0.1) is 12.5 Å². The number of fused-ring (bicyclic) bond motifs is 3. The Hall–Kier alpha value is -4.08. The van der Waals surface area contributed by atoms with Crippen molar-refractivity contribution in [2.24, 2.45) is 0 Å². The van der Waals surface area contributed by atoms with Gasteiger partial charge in [0.2, 0.25) is 5.91 Å². The fraction of sp³-hybridized carbons (Fsp3) is 0.407. The molecule has 2 aromatic carbocycles. The lowest BCUT2D eigenvalue weighted by Crippen LogP contribution is -2.62. The maximum absolute atomic E-state index is 12.5. The second kappa shape index (κ2) is 10.5. The molecule has 1 fully saturated rings. The van der Waals surface area contributed by atoms with Gasteiger partial charge in [0.1, 0.15) is 18.2 Å². The van der Waals surface area contributed by atoms with E-state index in [-0.39, 0.29) is 31.7 Å². The first-order chi connectivity index (χ1) is 17.5. The van der Waals surface area contributed by atoms with Crippen molar-refractivity contribution >= 4 is 24.1 Å². The normalized spacial score (nSPS) is 15.6. The molecule has 1 aliphatic heterocycles. The molecule has 10 heteroatoms. The molecule has 0 bridgehead atoms. The van der Waals surface area contributed by atoms with Gasteiger partial charge in [-0.3, -0.25) is 4.79 Å². The molecular weight excluding hydrogens is 478 g/mol. The van der Waals surface area contributed by atoms with Crippen molar-refractivity contribution in [2.75, 3.05) is 19.7 Å². The quantitative estimate of drug-likeness (QED) is 0.522. The summed E-state index contributed by atoms with van der Waals surface area (Å²) < 4.78 is 10.7. The van der Waals surface area contributed by atoms with E-state index in [2.05, 4.69) is 10.6 Å². The molecule has 3 amide bonds. The van der Waals surface area contributed by atoms with E-state index in [0.29, 0.717) is 0 Å². The number of alkyl carbamates (subject to hydrolysis) is 1. The Bertz CT molecular complexity index is 1150. The third-order valence-corrected chi connectivity index (χ3v) is 6.22. The highest BCUT2D eigenvalue weighted by Gasteiger charge is 2.35. The molecule has 1 saturated heterocycles. The van der Waals surface area contributed by atoms with Gasteiger partial charge in [0, 0.05) is 19.0 Å². The van der Waals surface area contributed by atoms with Crippen LogP contribution in [-0.2, 0) is 19.1 Å². The van der Waals surface area contributed by atoms with Gasteiger partial charge < -0.3 is 30.1 Å². The zero-order valence-electron chi connectivity index (χ0n) is 21.0. The Kier molecular flexibility index (Phi) is 7.37. The monoisotopic (exact) mass is 509 g/mol. The molecule has 37 heavy (non-hydrogen) atoms. The summed E-state index contributed by atoms with van der Waals surface area (Å²) in [7, 11) is 0. The lowest BCUT2D eigenvalue weighted by molar-refractivity contribution is -0.141. The number of ether oxygens (including phenoxy) is 2. The van der Waals surface area contributed by atoms with Gasteiger partial charge in [0.15, 0.2) is 0 Å². The summed E-state index contributed by atoms with van der Waals surface area (Å²) in [6, 6.07) is 14.0. The summed E-state index contributed by atoms with van der Waals surface area (Å²) in [5.74, 6) is -2.08. The average Bonchev–Trinajstić information content (AvgIpc) is 3.12. The third-order valence-electron chi connectivity index (χ3n) is 6.22. The van der Waals surface area contributed by atoms with Crippen molar-refractivity contribution < 1.29 is 33.8 Å². The number of carboxylic acids is 1. The number of likely N-dealkylation sites (tertiary alicyclic amines) is 1. The molecule has 3 N–H and O–H groups in total. The van der Waals surface area contributed by atoms with Crippen molar-refractivity contribution in [3.8, 4) is 11.1 Å². The van der Waals surface area contributed by atoms with Crippen molar-refractivity contribution in [3.63, 3.8) is 0 Å². The largest absolute Gasteiger partial charge is 0.480 e. The van der Waals surface area contributed by atoms with Crippen molar-refractivity contribution in [2.45, 2.75) is 50.8 Å². The number of carbonyl (C=O) groups is 4. The van der Waals surface area contributed by atoms with E-state index in [1.165, 1.54) is 4.90 Å². The standard InChI is InChI=1S/C27H31N3O7/c1-27(2,3)37-26(35)30-13-16(14-30)28-23(31)12-22(24(32)33)29-25(34)36-15-21-19-10-6-4-8-17(19)18-9-5-7-11-20(18)21/h4-11,16,21-22H,12-15H2,1-3H3,(H,28,31)(H,29,34)(H,32,33)/t22-/m0/s1. The highest BCUT2D eigenvalue weighted by atomic mass is 16.6. The van der Waals surface area contributed by atoms with Crippen LogP contribution in [0.15, 0.2) is 48.5 Å². The molecule has 2 aromatic rings. The van der Waals surface area contributed by atoms with Crippen LogP contribution in [0.4, 0.5) is 9.59 Å². The zero-order chi connectivity index (χ0) is 26.7. The Balaban J connectivity index is 1.26. The molecule has 1 heterocycles. The number of carboxylic acid groups (broad SMARTS) is 1. The molecule has 2 aliphatic rings. The predicted molar refractivity (Wildman–Crippen MR) is 134 cm³/mol. The minimum absolute atomic E-state index is 0.0287. The molecule has 0 unspecified atom stereocenters. The number of nitrogens with one attached hydrogen (secondary N) is 2. The van der Waals surface area contributed by atoms with E-state index < -0.39 is 42.1 Å². The SMILES string of the molecule is CC(C)(C)OC(=O)N1CC(NC(=O)C[C@H](NC(=O)OCC2c3ccccc3-c3ccccc32)C(=O)O)C1. The van der Waals surface area contributed by atoms with E-state index in [0.717, 1.165) is 22.3 Å². The molecular formula is C27H31N3O7. The van der Waals surface area contributed by atoms with E-state index >= 15 is 0 Å². The summed E-state index contributed by atoms with van der Waals surface area (Å²) in [4.78, 5) is 50.0. The van der Waals surface area contributed by atoms with Crippen LogP contribution < -0.4 is 10.6 Å². The van der Waals surface area contributed by atoms with Crippen molar-refractivity contribution in [1.29, 1.82) is 0 Å². The fourth-order valence-corrected chi connectivity index (χ4v) is 4.50. The number of nitrogens with zero attached hydrogens (tertiary/aromatic N) is 1. The van der Waals surface area contributed by atoms with Gasteiger partial charge in [-0.05, 0) is 43.0 Å². The van der Waals surface area contributed by atoms with Gasteiger partial charge in [-0.15, -0.1) is 0 Å². The maximum Gasteiger partial charge on any atom is 0.410 e. The first-order valence-electron chi connectivity index (χ1n) is 12.1. The molecule has 0 saturated carbocycles. The zero-order valence-corrected chi connectivity index (χ0v) is 21.0. The second-order valence-corrected chi connectivity index (χ2v) is 10.2. The molecule has 0 radical (unpaired) electrons. The van der Waals surface area contributed by atoms with Gasteiger partial charge in [-0.2, -0.15) is 0 Å². The highest BCUT2D eigenvalue weighted by Crippen LogP contribution is 2.44. The lowest BCUT2D eigenvalue weighted by atomic mass is 9.98. The van der Waals surface area contributed by atoms with Crippen LogP contribution in [0.5, 0.6) is 0 Å². The summed E-state index contributed by atoms with van der Waals surface area (Å²) >= 11 is 0. The summed E-state index contributed by atoms with van der Waals surface area (Å²) in [5, 5.41) is 14.5. The number of aliphatic carboxylic acids is 1. The van der Waals surface area contributed by atoms with Gasteiger partial charge in [-0.1, -0.05) is 48.5 Å². The topological polar surface area (TPSA) is 134 Å². The van der Waals surface area contributed by atoms with Crippen molar-refractivity contribution in [1.82, 2.24) is 15.5 Å². The summed E-state index contributed by atoms with van der Waals surface area (Å²) in [6.45, 7) is 5.84. The first-order valence-corrected chi connectivity index (χ1v) is 12.1. The number of rotatable bonds is 7. The Labute approximate surface area is 214 Å². The van der Waals surface area contributed by atoms with Crippen molar-refractivity contribution in [3.05, 3.63) is 59.7 Å². The number of amides is 3. The minimum atomic E-state index is -1.46. The molecule has 0 spiro atoms. The minimum Gasteiger partial charge on any atom is -0.480 e. The fourth-order valence-electron chi connectivity index (χ4n) is 4.50.